The van der Waals surface area contributed by atoms with E-state index in [2.05, 4.69) is 73.8 Å². The quantitative estimate of drug-likeness (QED) is 0.916. The Morgan fingerprint density at radius 1 is 1.33 bits per heavy atom. The summed E-state index contributed by atoms with van der Waals surface area (Å²) in [5.41, 5.74) is 7.72. The lowest BCUT2D eigenvalue weighted by atomic mass is 9.93. The molecule has 0 aromatic heterocycles. The summed E-state index contributed by atoms with van der Waals surface area (Å²) in [5, 5.41) is 0. The Kier molecular flexibility index (Phi) is 5.38. The highest BCUT2D eigenvalue weighted by Gasteiger charge is 2.24. The van der Waals surface area contributed by atoms with Crippen molar-refractivity contribution in [3.05, 3.63) is 34.3 Å². The van der Waals surface area contributed by atoms with Gasteiger partial charge in [0.1, 0.15) is 0 Å². The minimum atomic E-state index is 0.103. The molecule has 0 aliphatic rings. The van der Waals surface area contributed by atoms with Gasteiger partial charge in [0.15, 0.2) is 0 Å². The van der Waals surface area contributed by atoms with E-state index in [4.69, 9.17) is 5.73 Å². The maximum atomic E-state index is 6.18. The molecule has 0 aliphatic heterocycles. The second-order valence-corrected chi connectivity index (χ2v) is 7.25. The molecular weight excluding hydrogens is 288 g/mol. The van der Waals surface area contributed by atoms with Crippen LogP contribution in [0, 0.1) is 5.41 Å². The molecule has 0 saturated heterocycles. The van der Waals surface area contributed by atoms with E-state index in [1.54, 1.807) is 0 Å². The van der Waals surface area contributed by atoms with Gasteiger partial charge in [0, 0.05) is 23.1 Å². The zero-order valence-corrected chi connectivity index (χ0v) is 13.7. The Hall–Kier alpha value is -0.380. The fraction of sp³-hybridized carbons (Fsp3) is 0.600. The summed E-state index contributed by atoms with van der Waals surface area (Å²) in [6.45, 7) is 9.85. The van der Waals surface area contributed by atoms with Gasteiger partial charge < -0.3 is 5.73 Å². The van der Waals surface area contributed by atoms with Gasteiger partial charge in [-0.05, 0) is 37.1 Å². The minimum Gasteiger partial charge on any atom is -0.326 e. The monoisotopic (exact) mass is 312 g/mol. The van der Waals surface area contributed by atoms with E-state index in [-0.39, 0.29) is 17.5 Å². The first-order chi connectivity index (χ1) is 8.20. The lowest BCUT2D eigenvalue weighted by Crippen LogP contribution is -2.41. The van der Waals surface area contributed by atoms with Crippen LogP contribution in [0.15, 0.2) is 28.7 Å². The smallest absolute Gasteiger partial charge is 0.0494 e. The van der Waals surface area contributed by atoms with Crippen LogP contribution in [0.2, 0.25) is 0 Å². The molecule has 2 nitrogen and oxygen atoms in total. The van der Waals surface area contributed by atoms with E-state index in [1.165, 1.54) is 5.56 Å². The zero-order valence-electron chi connectivity index (χ0n) is 12.1. The standard InChI is InChI=1S/C15H25BrN2/c1-11(17)14(18(5)10-15(2,3)4)12-7-6-8-13(16)9-12/h6-9,11,14H,10,17H2,1-5H3. The Morgan fingerprint density at radius 2 is 1.94 bits per heavy atom. The molecule has 0 amide bonds. The number of hydrogen-bond acceptors (Lipinski definition) is 2. The van der Waals surface area contributed by atoms with Gasteiger partial charge >= 0.3 is 0 Å². The SMILES string of the molecule is CC(N)C(c1cccc(Br)c1)N(C)CC(C)(C)C. The predicted molar refractivity (Wildman–Crippen MR) is 82.6 cm³/mol. The van der Waals surface area contributed by atoms with E-state index < -0.39 is 0 Å². The van der Waals surface area contributed by atoms with Gasteiger partial charge in [0.25, 0.3) is 0 Å². The van der Waals surface area contributed by atoms with Crippen LogP contribution in [0.1, 0.15) is 39.3 Å². The van der Waals surface area contributed by atoms with Gasteiger partial charge in [-0.2, -0.15) is 0 Å². The third-order valence-electron chi connectivity index (χ3n) is 2.89. The van der Waals surface area contributed by atoms with E-state index in [1.807, 2.05) is 6.07 Å². The van der Waals surface area contributed by atoms with E-state index in [9.17, 15) is 0 Å². The molecule has 1 rings (SSSR count). The molecule has 0 fully saturated rings. The van der Waals surface area contributed by atoms with Crippen LogP contribution in [0.3, 0.4) is 0 Å². The molecule has 18 heavy (non-hydrogen) atoms. The van der Waals surface area contributed by atoms with Crippen LogP contribution >= 0.6 is 15.9 Å². The van der Waals surface area contributed by atoms with Crippen molar-refractivity contribution in [2.75, 3.05) is 13.6 Å². The van der Waals surface area contributed by atoms with Gasteiger partial charge in [0.05, 0.1) is 0 Å². The van der Waals surface area contributed by atoms with Gasteiger partial charge in [0.2, 0.25) is 0 Å². The van der Waals surface area contributed by atoms with Crippen LogP contribution < -0.4 is 5.73 Å². The third kappa shape index (κ3) is 4.71. The van der Waals surface area contributed by atoms with Crippen molar-refractivity contribution in [2.45, 2.75) is 39.8 Å². The van der Waals surface area contributed by atoms with E-state index >= 15 is 0 Å². The molecule has 0 heterocycles. The minimum absolute atomic E-state index is 0.103. The number of nitrogens with two attached hydrogens (primary N) is 1. The summed E-state index contributed by atoms with van der Waals surface area (Å²) < 4.78 is 1.11. The molecule has 1 aromatic carbocycles. The normalized spacial score (nSPS) is 15.8. The first kappa shape index (κ1) is 15.7. The van der Waals surface area contributed by atoms with Crippen LogP contribution in [0.4, 0.5) is 0 Å². The summed E-state index contributed by atoms with van der Waals surface area (Å²) >= 11 is 3.53. The average molecular weight is 313 g/mol. The number of halogens is 1. The molecule has 2 unspecified atom stereocenters. The van der Waals surface area contributed by atoms with Crippen LogP contribution in [-0.2, 0) is 0 Å². The second kappa shape index (κ2) is 6.18. The molecular formula is C15H25BrN2. The number of nitrogens with zero attached hydrogens (tertiary/aromatic N) is 1. The fourth-order valence-corrected chi connectivity index (χ4v) is 2.91. The average Bonchev–Trinajstić information content (AvgIpc) is 2.13. The molecule has 0 spiro atoms. The molecule has 2 N–H and O–H groups in total. The second-order valence-electron chi connectivity index (χ2n) is 6.33. The largest absolute Gasteiger partial charge is 0.326 e. The Bertz CT molecular complexity index is 382. The first-order valence-corrected chi connectivity index (χ1v) is 7.21. The summed E-state index contributed by atoms with van der Waals surface area (Å²) in [4.78, 5) is 2.35. The van der Waals surface area contributed by atoms with Crippen molar-refractivity contribution in [1.29, 1.82) is 0 Å². The van der Waals surface area contributed by atoms with Crippen LogP contribution in [0.5, 0.6) is 0 Å². The molecule has 0 bridgehead atoms. The molecule has 0 saturated carbocycles. The van der Waals surface area contributed by atoms with Crippen LogP contribution in [0.25, 0.3) is 0 Å². The van der Waals surface area contributed by atoms with Crippen molar-refractivity contribution in [2.24, 2.45) is 11.1 Å². The van der Waals surface area contributed by atoms with Crippen molar-refractivity contribution >= 4 is 15.9 Å². The highest BCUT2D eigenvalue weighted by atomic mass is 79.9. The molecule has 2 atom stereocenters. The third-order valence-corrected chi connectivity index (χ3v) is 3.38. The lowest BCUT2D eigenvalue weighted by molar-refractivity contribution is 0.156. The number of rotatable bonds is 4. The van der Waals surface area contributed by atoms with Crippen molar-refractivity contribution in [1.82, 2.24) is 4.90 Å². The molecule has 0 aliphatic carbocycles. The molecule has 102 valence electrons. The van der Waals surface area contributed by atoms with Gasteiger partial charge in [-0.3, -0.25) is 4.90 Å². The van der Waals surface area contributed by atoms with Gasteiger partial charge in [-0.1, -0.05) is 48.8 Å². The van der Waals surface area contributed by atoms with Gasteiger partial charge in [-0.15, -0.1) is 0 Å². The summed E-state index contributed by atoms with van der Waals surface area (Å²) in [7, 11) is 2.15. The Morgan fingerprint density at radius 3 is 2.39 bits per heavy atom. The zero-order chi connectivity index (χ0) is 13.9. The topological polar surface area (TPSA) is 29.3 Å². The highest BCUT2D eigenvalue weighted by Crippen LogP contribution is 2.27. The maximum Gasteiger partial charge on any atom is 0.0494 e. The molecule has 1 aromatic rings. The van der Waals surface area contributed by atoms with E-state index in [0.717, 1.165) is 11.0 Å². The van der Waals surface area contributed by atoms with Gasteiger partial charge in [-0.25, -0.2) is 0 Å². The summed E-state index contributed by atoms with van der Waals surface area (Å²) in [5.74, 6) is 0. The Labute approximate surface area is 120 Å². The molecule has 0 radical (unpaired) electrons. The molecule has 3 heteroatoms. The van der Waals surface area contributed by atoms with Crippen molar-refractivity contribution < 1.29 is 0 Å². The number of benzene rings is 1. The maximum absolute atomic E-state index is 6.18. The fourth-order valence-electron chi connectivity index (χ4n) is 2.50. The van der Waals surface area contributed by atoms with E-state index in [0.29, 0.717) is 0 Å². The van der Waals surface area contributed by atoms with Crippen molar-refractivity contribution in [3.8, 4) is 0 Å². The first-order valence-electron chi connectivity index (χ1n) is 6.42. The summed E-state index contributed by atoms with van der Waals surface area (Å²) in [6.07, 6.45) is 0. The predicted octanol–water partition coefficient (Wildman–Crippen LogP) is 3.82. The van der Waals surface area contributed by atoms with Crippen LogP contribution in [-0.4, -0.2) is 24.5 Å². The van der Waals surface area contributed by atoms with Crippen molar-refractivity contribution in [3.63, 3.8) is 0 Å². The lowest BCUT2D eigenvalue weighted by Gasteiger charge is -2.36. The summed E-state index contributed by atoms with van der Waals surface area (Å²) in [6, 6.07) is 8.78. The Balaban J connectivity index is 2.96. The highest BCUT2D eigenvalue weighted by molar-refractivity contribution is 9.10. The number of likely N-dealkylation sites (N-methyl/N-ethyl adjacent to an activating group) is 1. The number of hydrogen-bond donors (Lipinski definition) is 1.